The molecular weight excluding hydrogens is 575 g/mol. The van der Waals surface area contributed by atoms with E-state index in [4.69, 9.17) is 0 Å². The molecule has 0 spiro atoms. The number of carbonyl (C=O) groups is 1. The third-order valence-electron chi connectivity index (χ3n) is 4.88. The van der Waals surface area contributed by atoms with Gasteiger partial charge in [0.05, 0.1) is 5.76 Å². The predicted octanol–water partition coefficient (Wildman–Crippen LogP) is 7.21. The Labute approximate surface area is 206 Å². The van der Waals surface area contributed by atoms with Gasteiger partial charge in [0.15, 0.2) is 5.78 Å². The molecule has 32 heavy (non-hydrogen) atoms. The fourth-order valence-electron chi connectivity index (χ4n) is 2.92. The summed E-state index contributed by atoms with van der Waals surface area (Å²) in [7, 11) is 0. The van der Waals surface area contributed by atoms with E-state index in [2.05, 4.69) is 67.4 Å². The van der Waals surface area contributed by atoms with Crippen molar-refractivity contribution in [2.75, 3.05) is 0 Å². The van der Waals surface area contributed by atoms with Crippen molar-refractivity contribution < 1.29 is 30.0 Å². The van der Waals surface area contributed by atoms with Gasteiger partial charge in [0.2, 0.25) is 0 Å². The van der Waals surface area contributed by atoms with Crippen molar-refractivity contribution in [3.8, 4) is 11.3 Å². The predicted molar refractivity (Wildman–Crippen MR) is 130 cm³/mol. The van der Waals surface area contributed by atoms with E-state index in [1.54, 1.807) is 0 Å². The molecule has 0 bridgehead atoms. The van der Waals surface area contributed by atoms with Crippen LogP contribution in [-0.2, 0) is 31.3 Å². The first-order valence-corrected chi connectivity index (χ1v) is 11.0. The van der Waals surface area contributed by atoms with E-state index in [0.717, 1.165) is 17.7 Å². The maximum Gasteiger partial charge on any atom is 0.161 e. The quantitative estimate of drug-likeness (QED) is 0.183. The molecule has 0 amide bonds. The molecule has 173 valence electrons. The molecule has 0 fully saturated rings. The first-order chi connectivity index (χ1) is 14.7. The van der Waals surface area contributed by atoms with Crippen molar-refractivity contribution in [1.82, 2.24) is 4.98 Å². The Bertz CT molecular complexity index is 1020. The van der Waals surface area contributed by atoms with Crippen molar-refractivity contribution in [1.29, 1.82) is 0 Å². The molecule has 1 heterocycles. The van der Waals surface area contributed by atoms with Crippen molar-refractivity contribution in [2.45, 2.75) is 48.0 Å². The van der Waals surface area contributed by atoms with E-state index in [-0.39, 0.29) is 43.5 Å². The monoisotopic (exact) mass is 609 g/mol. The smallest absolute Gasteiger partial charge is 0.161 e. The third-order valence-corrected chi connectivity index (χ3v) is 4.88. The topological polar surface area (TPSA) is 50.2 Å². The largest absolute Gasteiger partial charge is 0.512 e. The van der Waals surface area contributed by atoms with E-state index in [9.17, 15) is 9.90 Å². The Hall–Kier alpha value is -2.29. The maximum absolute atomic E-state index is 11.0. The van der Waals surface area contributed by atoms with Gasteiger partial charge >= 0.3 is 0 Å². The molecule has 0 aliphatic carbocycles. The molecule has 1 aromatic heterocycles. The first kappa shape index (κ1) is 27.7. The minimum absolute atomic E-state index is 0. The van der Waals surface area contributed by atoms with Crippen molar-refractivity contribution in [3.05, 3.63) is 78.2 Å². The zero-order valence-electron chi connectivity index (χ0n) is 19.8. The fraction of sp³-hybridized carbons (Fsp3) is 0.357. The van der Waals surface area contributed by atoms with Crippen LogP contribution in [0.4, 0.5) is 0 Å². The Morgan fingerprint density at radius 1 is 1.00 bits per heavy atom. The molecule has 0 aliphatic rings. The van der Waals surface area contributed by atoms with E-state index in [0.29, 0.717) is 5.92 Å². The summed E-state index contributed by atoms with van der Waals surface area (Å²) in [5.41, 5.74) is 3.38. The number of aromatic nitrogens is 1. The summed E-state index contributed by atoms with van der Waals surface area (Å²) >= 11 is 0. The Kier molecular flexibility index (Phi) is 11.5. The van der Waals surface area contributed by atoms with Crippen LogP contribution in [0.1, 0.15) is 47.1 Å². The summed E-state index contributed by atoms with van der Waals surface area (Å²) < 4.78 is 0. The summed E-state index contributed by atoms with van der Waals surface area (Å²) in [6, 6.07) is 20.2. The van der Waals surface area contributed by atoms with Crippen LogP contribution in [0, 0.1) is 23.8 Å². The second-order valence-corrected chi connectivity index (χ2v) is 8.91. The van der Waals surface area contributed by atoms with Crippen LogP contribution in [0.2, 0.25) is 0 Å². The zero-order valence-corrected chi connectivity index (χ0v) is 22.2. The van der Waals surface area contributed by atoms with Crippen LogP contribution in [0.3, 0.4) is 0 Å². The number of ketones is 1. The second kappa shape index (κ2) is 13.3. The van der Waals surface area contributed by atoms with Gasteiger partial charge in [-0.2, -0.15) is 0 Å². The number of hydrogen-bond donors (Lipinski definition) is 1. The molecular formula is C28H34IrNO2-. The van der Waals surface area contributed by atoms with Crippen LogP contribution in [-0.4, -0.2) is 15.9 Å². The summed E-state index contributed by atoms with van der Waals surface area (Å²) in [6.07, 6.45) is 4.35. The van der Waals surface area contributed by atoms with Crippen LogP contribution in [0.15, 0.2) is 66.6 Å². The Balaban J connectivity index is 0.000000370. The first-order valence-electron chi connectivity index (χ1n) is 11.0. The normalized spacial score (nSPS) is 11.3. The van der Waals surface area contributed by atoms with Gasteiger partial charge in [-0.1, -0.05) is 84.2 Å². The van der Waals surface area contributed by atoms with Crippen molar-refractivity contribution in [3.63, 3.8) is 0 Å². The maximum atomic E-state index is 11.0. The van der Waals surface area contributed by atoms with Crippen molar-refractivity contribution in [2.24, 2.45) is 17.8 Å². The van der Waals surface area contributed by atoms with E-state index < -0.39 is 0 Å². The molecule has 0 saturated heterocycles. The minimum atomic E-state index is -0.0316. The van der Waals surface area contributed by atoms with Gasteiger partial charge in [-0.15, -0.1) is 35.4 Å². The molecule has 0 aliphatic heterocycles. The molecule has 0 atom stereocenters. The number of aliphatic hydroxyl groups is 1. The summed E-state index contributed by atoms with van der Waals surface area (Å²) in [5, 5.41) is 11.6. The standard InChI is InChI=1S/C19H18N.C9H16O2.Ir/c1-14(2)11-15-7-9-16(10-8-15)19-12-17-5-3-4-6-18(17)13-20-19;1-6(2)8(10)5-9(11)7(3)4;/h3-9,12-14H,11H2,1-2H3;5-7,10H,1-4H3;/q-1;;/b;8-5-;. The van der Waals surface area contributed by atoms with Crippen LogP contribution in [0.5, 0.6) is 0 Å². The molecule has 1 N–H and O–H groups in total. The number of pyridine rings is 1. The molecule has 4 heteroatoms. The number of rotatable bonds is 6. The second-order valence-electron chi connectivity index (χ2n) is 8.91. The van der Waals surface area contributed by atoms with Gasteiger partial charge < -0.3 is 10.1 Å². The van der Waals surface area contributed by atoms with Crippen LogP contribution in [0.25, 0.3) is 22.0 Å². The van der Waals surface area contributed by atoms with Gasteiger partial charge in [0.25, 0.3) is 0 Å². The number of carbonyl (C=O) groups excluding carboxylic acids is 1. The minimum Gasteiger partial charge on any atom is -0.512 e. The summed E-state index contributed by atoms with van der Waals surface area (Å²) in [5.74, 6) is 0.835. The molecule has 3 aromatic rings. The van der Waals surface area contributed by atoms with Gasteiger partial charge in [-0.05, 0) is 16.5 Å². The molecule has 0 saturated carbocycles. The van der Waals surface area contributed by atoms with Gasteiger partial charge in [0.1, 0.15) is 0 Å². The van der Waals surface area contributed by atoms with E-state index >= 15 is 0 Å². The SMILES string of the molecule is CC(C)C(=O)/C=C(\O)C(C)C.CC(C)Cc1c[c-]c(-c2cc3ccccc3cn2)cc1.[Ir]. The average molecular weight is 609 g/mol. The number of nitrogens with zero attached hydrogens (tertiary/aromatic N) is 1. The summed E-state index contributed by atoms with van der Waals surface area (Å²) in [6.45, 7) is 11.8. The molecule has 1 radical (unpaired) electrons. The third kappa shape index (κ3) is 8.68. The molecule has 3 nitrogen and oxygen atoms in total. The molecule has 3 rings (SSSR count). The van der Waals surface area contributed by atoms with E-state index in [1.165, 1.54) is 22.4 Å². The van der Waals surface area contributed by atoms with Gasteiger partial charge in [0, 0.05) is 44.2 Å². The Morgan fingerprint density at radius 3 is 2.19 bits per heavy atom. The molecule has 0 unspecified atom stereocenters. The zero-order chi connectivity index (χ0) is 23.0. The fourth-order valence-corrected chi connectivity index (χ4v) is 2.92. The van der Waals surface area contributed by atoms with Crippen LogP contribution < -0.4 is 0 Å². The molecule has 2 aromatic carbocycles. The van der Waals surface area contributed by atoms with Gasteiger partial charge in [-0.3, -0.25) is 4.79 Å². The number of allylic oxidation sites excluding steroid dienone is 2. The number of benzene rings is 2. The van der Waals surface area contributed by atoms with Gasteiger partial charge in [-0.25, -0.2) is 0 Å². The van der Waals surface area contributed by atoms with Crippen LogP contribution >= 0.6 is 0 Å². The van der Waals surface area contributed by atoms with Crippen molar-refractivity contribution >= 4 is 16.6 Å². The number of fused-ring (bicyclic) bond motifs is 1. The Morgan fingerprint density at radius 2 is 1.66 bits per heavy atom. The number of hydrogen-bond acceptors (Lipinski definition) is 3. The summed E-state index contributed by atoms with van der Waals surface area (Å²) in [4.78, 5) is 15.6. The van der Waals surface area contributed by atoms with E-state index in [1.807, 2.05) is 40.0 Å². The number of aliphatic hydroxyl groups excluding tert-OH is 1. The average Bonchev–Trinajstić information content (AvgIpc) is 2.73.